The number of carbonyl (C=O) groups is 1. The molecule has 2 aliphatic rings. The quantitative estimate of drug-likeness (QED) is 0.840. The largest absolute Gasteiger partial charge is 0.343 e. The van der Waals surface area contributed by atoms with Gasteiger partial charge in [-0.2, -0.15) is 0 Å². The van der Waals surface area contributed by atoms with E-state index in [2.05, 4.69) is 24.3 Å². The molecule has 1 aliphatic carbocycles. The van der Waals surface area contributed by atoms with Gasteiger partial charge in [0.2, 0.25) is 5.91 Å². The lowest BCUT2D eigenvalue weighted by molar-refractivity contribution is -0.133. The second-order valence-corrected chi connectivity index (χ2v) is 9.62. The maximum absolute atomic E-state index is 12.5. The van der Waals surface area contributed by atoms with Crippen LogP contribution in [0.4, 0.5) is 0 Å². The van der Waals surface area contributed by atoms with Gasteiger partial charge in [0, 0.05) is 19.5 Å². The Hall–Kier alpha value is -1.36. The molecular weight excluding hydrogens is 322 g/mol. The Balaban J connectivity index is 1.50. The fourth-order valence-corrected chi connectivity index (χ4v) is 6.01. The van der Waals surface area contributed by atoms with Crippen molar-refractivity contribution in [1.29, 1.82) is 0 Å². The zero-order valence-electron chi connectivity index (χ0n) is 14.4. The first kappa shape index (κ1) is 17.5. The molecule has 2 fully saturated rings. The van der Waals surface area contributed by atoms with Crippen molar-refractivity contribution in [2.45, 2.75) is 50.5 Å². The van der Waals surface area contributed by atoms with Gasteiger partial charge in [0.25, 0.3) is 0 Å². The van der Waals surface area contributed by atoms with E-state index in [1.54, 1.807) is 0 Å². The monoisotopic (exact) mass is 349 g/mol. The first-order valence-corrected chi connectivity index (χ1v) is 10.8. The molecule has 1 aromatic carbocycles. The third kappa shape index (κ3) is 4.18. The Morgan fingerprint density at radius 1 is 1.08 bits per heavy atom. The Kier molecular flexibility index (Phi) is 5.28. The van der Waals surface area contributed by atoms with Crippen molar-refractivity contribution in [2.75, 3.05) is 18.6 Å². The molecular formula is C19H27NO3S. The molecule has 4 nitrogen and oxygen atoms in total. The van der Waals surface area contributed by atoms with Crippen LogP contribution in [0, 0.1) is 5.92 Å². The lowest BCUT2D eigenvalue weighted by Crippen LogP contribution is -2.40. The van der Waals surface area contributed by atoms with Gasteiger partial charge in [0.1, 0.15) is 0 Å². The van der Waals surface area contributed by atoms with Crippen LogP contribution >= 0.6 is 0 Å². The Morgan fingerprint density at radius 3 is 2.33 bits per heavy atom. The number of benzene rings is 1. The van der Waals surface area contributed by atoms with Crippen LogP contribution in [0.5, 0.6) is 0 Å². The highest BCUT2D eigenvalue weighted by atomic mass is 32.2. The molecule has 132 valence electrons. The lowest BCUT2D eigenvalue weighted by Gasteiger charge is -2.35. The van der Waals surface area contributed by atoms with Crippen LogP contribution in [0.25, 0.3) is 0 Å². The number of sulfone groups is 1. The minimum atomic E-state index is -2.90. The Bertz CT molecular complexity index is 663. The maximum atomic E-state index is 12.5. The average molecular weight is 349 g/mol. The fraction of sp³-hybridized carbons (Fsp3) is 0.632. The normalized spacial score (nSPS) is 29.3. The van der Waals surface area contributed by atoms with E-state index in [0.29, 0.717) is 24.8 Å². The van der Waals surface area contributed by atoms with Gasteiger partial charge in [0.15, 0.2) is 9.84 Å². The lowest BCUT2D eigenvalue weighted by atomic mass is 9.81. The predicted molar refractivity (Wildman–Crippen MR) is 95.6 cm³/mol. The standard InChI is InChI=1S/C19H27NO3S/c1-20(19(21)13-15-11-12-24(22,23)14-15)18-9-7-17(8-10-18)16-5-3-2-4-6-16/h2-6,15,17-18H,7-14H2,1H3. The van der Waals surface area contributed by atoms with Crippen LogP contribution in [0.3, 0.4) is 0 Å². The van der Waals surface area contributed by atoms with Crippen molar-refractivity contribution in [2.24, 2.45) is 5.92 Å². The second kappa shape index (κ2) is 7.26. The van der Waals surface area contributed by atoms with Gasteiger partial charge in [0.05, 0.1) is 11.5 Å². The van der Waals surface area contributed by atoms with E-state index in [4.69, 9.17) is 0 Å². The van der Waals surface area contributed by atoms with E-state index in [9.17, 15) is 13.2 Å². The molecule has 1 atom stereocenters. The van der Waals surface area contributed by atoms with E-state index >= 15 is 0 Å². The van der Waals surface area contributed by atoms with Crippen molar-refractivity contribution in [1.82, 2.24) is 4.90 Å². The van der Waals surface area contributed by atoms with Crippen molar-refractivity contribution < 1.29 is 13.2 Å². The van der Waals surface area contributed by atoms with E-state index in [-0.39, 0.29) is 23.3 Å². The van der Waals surface area contributed by atoms with Gasteiger partial charge in [-0.25, -0.2) is 8.42 Å². The molecule has 1 aliphatic heterocycles. The van der Waals surface area contributed by atoms with Crippen LogP contribution in [-0.4, -0.2) is 43.8 Å². The minimum absolute atomic E-state index is 0.0191. The first-order valence-electron chi connectivity index (χ1n) is 8.95. The summed E-state index contributed by atoms with van der Waals surface area (Å²) in [6, 6.07) is 10.9. The van der Waals surface area contributed by atoms with Crippen LogP contribution < -0.4 is 0 Å². The zero-order valence-corrected chi connectivity index (χ0v) is 15.2. The highest BCUT2D eigenvalue weighted by Crippen LogP contribution is 2.34. The van der Waals surface area contributed by atoms with Gasteiger partial charge in [-0.1, -0.05) is 30.3 Å². The summed E-state index contributed by atoms with van der Waals surface area (Å²) >= 11 is 0. The molecule has 0 N–H and O–H groups in total. The highest BCUT2D eigenvalue weighted by Gasteiger charge is 2.32. The average Bonchev–Trinajstić information content (AvgIpc) is 2.93. The number of hydrogen-bond donors (Lipinski definition) is 0. The summed E-state index contributed by atoms with van der Waals surface area (Å²) in [5.41, 5.74) is 1.40. The molecule has 0 bridgehead atoms. The van der Waals surface area contributed by atoms with Crippen LogP contribution in [0.2, 0.25) is 0 Å². The predicted octanol–water partition coefficient (Wildman–Crippen LogP) is 3.00. The molecule has 0 radical (unpaired) electrons. The second-order valence-electron chi connectivity index (χ2n) is 7.39. The van der Waals surface area contributed by atoms with Crippen molar-refractivity contribution in [3.8, 4) is 0 Å². The van der Waals surface area contributed by atoms with Crippen molar-refractivity contribution in [3.05, 3.63) is 35.9 Å². The number of carbonyl (C=O) groups excluding carboxylic acids is 1. The molecule has 1 unspecified atom stereocenters. The Labute approximate surface area is 145 Å². The van der Waals surface area contributed by atoms with Crippen molar-refractivity contribution >= 4 is 15.7 Å². The maximum Gasteiger partial charge on any atom is 0.222 e. The van der Waals surface area contributed by atoms with Gasteiger partial charge in [-0.3, -0.25) is 4.79 Å². The fourth-order valence-electron chi connectivity index (χ4n) is 4.15. The first-order chi connectivity index (χ1) is 11.4. The SMILES string of the molecule is CN(C(=O)CC1CCS(=O)(=O)C1)C1CCC(c2ccccc2)CC1. The zero-order chi connectivity index (χ0) is 17.2. The third-order valence-corrected chi connectivity index (χ3v) is 7.54. The molecule has 1 saturated carbocycles. The summed E-state index contributed by atoms with van der Waals surface area (Å²) in [7, 11) is -1.01. The third-order valence-electron chi connectivity index (χ3n) is 5.70. The molecule has 24 heavy (non-hydrogen) atoms. The molecule has 0 spiro atoms. The van der Waals surface area contributed by atoms with Crippen molar-refractivity contribution in [3.63, 3.8) is 0 Å². The van der Waals surface area contributed by atoms with Gasteiger partial charge < -0.3 is 4.90 Å². The molecule has 0 aromatic heterocycles. The summed E-state index contributed by atoms with van der Waals surface area (Å²) in [5, 5.41) is 0. The topological polar surface area (TPSA) is 54.5 Å². The summed E-state index contributed by atoms with van der Waals surface area (Å²) in [6.07, 6.45) is 5.32. The summed E-state index contributed by atoms with van der Waals surface area (Å²) in [6.45, 7) is 0. The summed E-state index contributed by atoms with van der Waals surface area (Å²) in [5.74, 6) is 1.17. The van der Waals surface area contributed by atoms with Crippen LogP contribution in [-0.2, 0) is 14.6 Å². The molecule has 3 rings (SSSR count). The van der Waals surface area contributed by atoms with E-state index in [1.807, 2.05) is 18.0 Å². The van der Waals surface area contributed by atoms with Gasteiger partial charge >= 0.3 is 0 Å². The Morgan fingerprint density at radius 2 is 1.75 bits per heavy atom. The molecule has 1 heterocycles. The number of nitrogens with zero attached hydrogens (tertiary/aromatic N) is 1. The number of amides is 1. The van der Waals surface area contributed by atoms with Gasteiger partial charge in [-0.15, -0.1) is 0 Å². The van der Waals surface area contributed by atoms with E-state index < -0.39 is 9.84 Å². The number of rotatable bonds is 4. The van der Waals surface area contributed by atoms with Gasteiger partial charge in [-0.05, 0) is 49.5 Å². The van der Waals surface area contributed by atoms with Crippen LogP contribution in [0.15, 0.2) is 30.3 Å². The van der Waals surface area contributed by atoms with Crippen LogP contribution in [0.1, 0.15) is 50.0 Å². The number of hydrogen-bond acceptors (Lipinski definition) is 3. The smallest absolute Gasteiger partial charge is 0.222 e. The van der Waals surface area contributed by atoms with E-state index in [1.165, 1.54) is 5.56 Å². The molecule has 1 aromatic rings. The summed E-state index contributed by atoms with van der Waals surface area (Å²) in [4.78, 5) is 14.4. The summed E-state index contributed by atoms with van der Waals surface area (Å²) < 4.78 is 23.1. The van der Waals surface area contributed by atoms with E-state index in [0.717, 1.165) is 25.7 Å². The minimum Gasteiger partial charge on any atom is -0.343 e. The highest BCUT2D eigenvalue weighted by molar-refractivity contribution is 7.91. The molecule has 1 amide bonds. The molecule has 1 saturated heterocycles. The molecule has 5 heteroatoms.